The van der Waals surface area contributed by atoms with Crippen molar-refractivity contribution in [1.82, 2.24) is 0 Å². The summed E-state index contributed by atoms with van der Waals surface area (Å²) in [7, 11) is 0. The fourth-order valence-corrected chi connectivity index (χ4v) is 3.26. The van der Waals surface area contributed by atoms with Gasteiger partial charge in [-0.05, 0) is 85.0 Å². The molecule has 0 aliphatic heterocycles. The molecule has 0 radical (unpaired) electrons. The van der Waals surface area contributed by atoms with Gasteiger partial charge in [-0.15, -0.1) is 0 Å². The highest BCUT2D eigenvalue weighted by Gasteiger charge is 2.01. The molecule has 0 atom stereocenters. The molecule has 3 N–H and O–H groups in total. The Kier molecular flexibility index (Phi) is 14.2. The van der Waals surface area contributed by atoms with Crippen molar-refractivity contribution >= 4 is 0 Å². The van der Waals surface area contributed by atoms with E-state index in [1.165, 1.54) is 36.8 Å². The monoisotopic (exact) mass is 450 g/mol. The standard InChI is InChI=1S/3C10H14O/c1-8(2)7-9-5-3-4-6-10(9)11;1-2-3-5-9-6-4-7-10(11)8-9;1-2-3-4-9-5-7-10(11)8-6-9/h3-6,8,11H,7H2,1-2H3;4,6-8,11H,2-3,5H2,1H3;5-8,11H,2-4H2,1H3. The highest BCUT2D eigenvalue weighted by atomic mass is 16.3. The van der Waals surface area contributed by atoms with E-state index in [-0.39, 0.29) is 0 Å². The van der Waals surface area contributed by atoms with Gasteiger partial charge in [-0.25, -0.2) is 0 Å². The summed E-state index contributed by atoms with van der Waals surface area (Å²) < 4.78 is 0. The number of hydrogen-bond donors (Lipinski definition) is 3. The van der Waals surface area contributed by atoms with Crippen LogP contribution >= 0.6 is 0 Å². The number of rotatable bonds is 8. The Morgan fingerprint density at radius 2 is 1.24 bits per heavy atom. The average molecular weight is 451 g/mol. The summed E-state index contributed by atoms with van der Waals surface area (Å²) in [6.45, 7) is 8.64. The second-order valence-electron chi connectivity index (χ2n) is 8.77. The van der Waals surface area contributed by atoms with Gasteiger partial charge in [-0.3, -0.25) is 0 Å². The van der Waals surface area contributed by atoms with Gasteiger partial charge in [0.15, 0.2) is 0 Å². The number of para-hydroxylation sites is 1. The van der Waals surface area contributed by atoms with Gasteiger partial charge < -0.3 is 15.3 Å². The van der Waals surface area contributed by atoms with E-state index in [1.807, 2.05) is 42.5 Å². The molecular formula is C30H42O3. The first kappa shape index (κ1) is 28.1. The molecule has 0 saturated carbocycles. The van der Waals surface area contributed by atoms with Gasteiger partial charge in [0, 0.05) is 0 Å². The smallest absolute Gasteiger partial charge is 0.118 e. The molecule has 0 aliphatic carbocycles. The van der Waals surface area contributed by atoms with Gasteiger partial charge in [0.25, 0.3) is 0 Å². The van der Waals surface area contributed by atoms with Crippen LogP contribution in [-0.4, -0.2) is 15.3 Å². The molecule has 0 heterocycles. The van der Waals surface area contributed by atoms with Crippen LogP contribution in [0.4, 0.5) is 0 Å². The predicted molar refractivity (Wildman–Crippen MR) is 140 cm³/mol. The molecule has 0 aromatic heterocycles. The minimum Gasteiger partial charge on any atom is -0.508 e. The maximum absolute atomic E-state index is 9.36. The van der Waals surface area contributed by atoms with Gasteiger partial charge >= 0.3 is 0 Å². The van der Waals surface area contributed by atoms with Crippen molar-refractivity contribution < 1.29 is 15.3 Å². The third kappa shape index (κ3) is 13.3. The van der Waals surface area contributed by atoms with E-state index < -0.39 is 0 Å². The van der Waals surface area contributed by atoms with Crippen molar-refractivity contribution in [3.05, 3.63) is 89.5 Å². The summed E-state index contributed by atoms with van der Waals surface area (Å²) in [5.74, 6) is 1.74. The third-order valence-electron chi connectivity index (χ3n) is 5.10. The largest absolute Gasteiger partial charge is 0.508 e. The minimum atomic E-state index is 0.352. The first-order chi connectivity index (χ1) is 15.8. The fourth-order valence-electron chi connectivity index (χ4n) is 3.26. The van der Waals surface area contributed by atoms with E-state index in [1.54, 1.807) is 24.3 Å². The molecule has 0 saturated heterocycles. The van der Waals surface area contributed by atoms with Crippen LogP contribution in [0.5, 0.6) is 17.2 Å². The number of unbranched alkanes of at least 4 members (excludes halogenated alkanes) is 2. The molecule has 3 nitrogen and oxygen atoms in total. The van der Waals surface area contributed by atoms with Crippen LogP contribution in [0.1, 0.15) is 70.1 Å². The van der Waals surface area contributed by atoms with Crippen LogP contribution in [0.15, 0.2) is 72.8 Å². The SMILES string of the molecule is CC(C)Cc1ccccc1O.CCCCc1ccc(O)cc1.CCCCc1cccc(O)c1. The van der Waals surface area contributed by atoms with Crippen molar-refractivity contribution in [3.8, 4) is 17.2 Å². The first-order valence-corrected chi connectivity index (χ1v) is 12.2. The van der Waals surface area contributed by atoms with Crippen LogP contribution in [0, 0.1) is 5.92 Å². The van der Waals surface area contributed by atoms with Crippen LogP contribution in [-0.2, 0) is 19.3 Å². The zero-order valence-corrected chi connectivity index (χ0v) is 20.8. The molecule has 0 aliphatic rings. The van der Waals surface area contributed by atoms with Crippen LogP contribution < -0.4 is 0 Å². The van der Waals surface area contributed by atoms with Gasteiger partial charge in [0.2, 0.25) is 0 Å². The Balaban J connectivity index is 0.000000247. The summed E-state index contributed by atoms with van der Waals surface area (Å²) in [6, 6.07) is 22.4. The van der Waals surface area contributed by atoms with E-state index in [0.717, 1.165) is 24.8 Å². The van der Waals surface area contributed by atoms with E-state index in [2.05, 4.69) is 33.8 Å². The topological polar surface area (TPSA) is 60.7 Å². The lowest BCUT2D eigenvalue weighted by atomic mass is 10.0. The van der Waals surface area contributed by atoms with Crippen molar-refractivity contribution in [3.63, 3.8) is 0 Å². The Morgan fingerprint density at radius 1 is 0.636 bits per heavy atom. The Labute approximate surface area is 200 Å². The highest BCUT2D eigenvalue weighted by molar-refractivity contribution is 5.32. The lowest BCUT2D eigenvalue weighted by Gasteiger charge is -2.05. The molecule has 0 bridgehead atoms. The minimum absolute atomic E-state index is 0.352. The number of phenols is 3. The van der Waals surface area contributed by atoms with E-state index >= 15 is 0 Å². The normalized spacial score (nSPS) is 10.1. The number of benzene rings is 3. The summed E-state index contributed by atoms with van der Waals surface area (Å²) in [4.78, 5) is 0. The van der Waals surface area contributed by atoms with Crippen molar-refractivity contribution in [2.75, 3.05) is 0 Å². The number of aromatic hydroxyl groups is 3. The zero-order chi connectivity index (χ0) is 24.5. The highest BCUT2D eigenvalue weighted by Crippen LogP contribution is 2.19. The Hall–Kier alpha value is -2.94. The summed E-state index contributed by atoms with van der Waals surface area (Å²) in [5.41, 5.74) is 3.58. The van der Waals surface area contributed by atoms with Gasteiger partial charge in [0.1, 0.15) is 17.2 Å². The molecule has 0 amide bonds. The summed E-state index contributed by atoms with van der Waals surface area (Å²) >= 11 is 0. The van der Waals surface area contributed by atoms with Crippen LogP contribution in [0.25, 0.3) is 0 Å². The van der Waals surface area contributed by atoms with E-state index in [9.17, 15) is 5.11 Å². The van der Waals surface area contributed by atoms with E-state index in [4.69, 9.17) is 10.2 Å². The lowest BCUT2D eigenvalue weighted by molar-refractivity contribution is 0.462. The second-order valence-corrected chi connectivity index (χ2v) is 8.77. The van der Waals surface area contributed by atoms with Gasteiger partial charge in [-0.2, -0.15) is 0 Å². The quantitative estimate of drug-likeness (QED) is 0.325. The Bertz CT molecular complexity index is 885. The molecule has 3 rings (SSSR count). The molecule has 3 aromatic rings. The number of hydrogen-bond acceptors (Lipinski definition) is 3. The maximum Gasteiger partial charge on any atom is 0.118 e. The molecule has 3 heteroatoms. The number of phenolic OH excluding ortho intramolecular Hbond substituents is 3. The summed E-state index contributed by atoms with van der Waals surface area (Å²) in [5, 5.41) is 27.5. The zero-order valence-electron chi connectivity index (χ0n) is 20.8. The second kappa shape index (κ2) is 16.7. The molecule has 3 aromatic carbocycles. The van der Waals surface area contributed by atoms with Crippen molar-refractivity contribution in [1.29, 1.82) is 0 Å². The third-order valence-corrected chi connectivity index (χ3v) is 5.10. The molecule has 180 valence electrons. The molecule has 33 heavy (non-hydrogen) atoms. The lowest BCUT2D eigenvalue weighted by Crippen LogP contribution is -1.93. The summed E-state index contributed by atoms with van der Waals surface area (Å²) in [6.07, 6.45) is 8.00. The first-order valence-electron chi connectivity index (χ1n) is 12.2. The average Bonchev–Trinajstić information content (AvgIpc) is 2.80. The van der Waals surface area contributed by atoms with Crippen molar-refractivity contribution in [2.24, 2.45) is 5.92 Å². The molecular weight excluding hydrogens is 408 g/mol. The molecule has 0 spiro atoms. The maximum atomic E-state index is 9.36. The molecule has 0 unspecified atom stereocenters. The van der Waals surface area contributed by atoms with E-state index in [0.29, 0.717) is 23.2 Å². The predicted octanol–water partition coefficient (Wildman–Crippen LogP) is 8.06. The van der Waals surface area contributed by atoms with Gasteiger partial charge in [-0.1, -0.05) is 83.0 Å². The van der Waals surface area contributed by atoms with Gasteiger partial charge in [0.05, 0.1) is 0 Å². The van der Waals surface area contributed by atoms with Crippen LogP contribution in [0.3, 0.4) is 0 Å². The fraction of sp³-hybridized carbons (Fsp3) is 0.400. The Morgan fingerprint density at radius 3 is 1.79 bits per heavy atom. The van der Waals surface area contributed by atoms with Crippen molar-refractivity contribution in [2.45, 2.75) is 72.6 Å². The van der Waals surface area contributed by atoms with Crippen LogP contribution in [0.2, 0.25) is 0 Å². The molecule has 0 fully saturated rings. The number of aryl methyl sites for hydroxylation is 2.